The molecule has 0 heterocycles. The van der Waals surface area contributed by atoms with Crippen molar-refractivity contribution < 1.29 is 22.5 Å². The van der Waals surface area contributed by atoms with E-state index in [4.69, 9.17) is 5.11 Å². The van der Waals surface area contributed by atoms with E-state index in [-0.39, 0.29) is 16.3 Å². The van der Waals surface area contributed by atoms with Crippen LogP contribution < -0.4 is 0 Å². The Kier molecular flexibility index (Phi) is 16.2. The number of aliphatic hydroxyl groups is 1. The van der Waals surface area contributed by atoms with Gasteiger partial charge in [-0.2, -0.15) is 18.3 Å². The molecule has 0 fully saturated rings. The molecule has 0 aliphatic heterocycles. The molecule has 0 aromatic rings. The van der Waals surface area contributed by atoms with Gasteiger partial charge in [0, 0.05) is 6.42 Å². The topological polar surface area (TPSA) is 80.7 Å². The third-order valence-corrected chi connectivity index (χ3v) is 4.17. The lowest BCUT2D eigenvalue weighted by molar-refractivity contribution is -0.133. The third-order valence-electron chi connectivity index (χ3n) is 3.05. The van der Waals surface area contributed by atoms with Gasteiger partial charge in [-0.15, -0.1) is 0 Å². The fourth-order valence-corrected chi connectivity index (χ4v) is 2.59. The van der Waals surface area contributed by atoms with Crippen LogP contribution in [0.25, 0.3) is 0 Å². The largest absolute Gasteiger partial charge is 0.395 e. The van der Waals surface area contributed by atoms with Gasteiger partial charge in [0.2, 0.25) is 0 Å². The van der Waals surface area contributed by atoms with Crippen molar-refractivity contribution in [3.8, 4) is 0 Å². The molecule has 0 amide bonds. The molecule has 1 N–H and O–H groups in total. The normalized spacial score (nSPS) is 11.0. The van der Waals surface area contributed by atoms with Crippen molar-refractivity contribution in [1.82, 2.24) is 0 Å². The summed E-state index contributed by atoms with van der Waals surface area (Å²) in [6.45, 7) is 1.66. The zero-order chi connectivity index (χ0) is 15.3. The molecule has 0 radical (unpaired) electrons. The maximum absolute atomic E-state index is 11.3. The molecule has 0 aliphatic carbocycles. The van der Waals surface area contributed by atoms with Crippen LogP contribution in [0.4, 0.5) is 0 Å². The van der Waals surface area contributed by atoms with Gasteiger partial charge >= 0.3 is 16.1 Å². The Morgan fingerprint density at radius 2 is 1.43 bits per heavy atom. The fraction of sp³-hybridized carbons (Fsp3) is 0.929. The van der Waals surface area contributed by atoms with E-state index in [1.165, 1.54) is 38.5 Å². The summed E-state index contributed by atoms with van der Waals surface area (Å²) in [7, 11) is -3.89. The summed E-state index contributed by atoms with van der Waals surface area (Å²) < 4.78 is 26.5. The molecule has 21 heavy (non-hydrogen) atoms. The van der Waals surface area contributed by atoms with Crippen LogP contribution in [0.15, 0.2) is 0 Å². The summed E-state index contributed by atoms with van der Waals surface area (Å²) in [4.78, 5) is 11.3. The highest BCUT2D eigenvalue weighted by Gasteiger charge is 2.15. The second-order valence-corrected chi connectivity index (χ2v) is 6.71. The molecule has 7 heteroatoms. The van der Waals surface area contributed by atoms with Crippen molar-refractivity contribution in [2.24, 2.45) is 0 Å². The van der Waals surface area contributed by atoms with E-state index in [0.29, 0.717) is 6.42 Å². The summed E-state index contributed by atoms with van der Waals surface area (Å²) in [6, 6.07) is 0. The Labute approximate surface area is 132 Å². The molecular formula is C14H31O5PS. The summed E-state index contributed by atoms with van der Waals surface area (Å²) >= 11 is 0. The molecular weight excluding hydrogens is 311 g/mol. The molecule has 128 valence electrons. The maximum Gasteiger partial charge on any atom is 0.322 e. The molecule has 1 unspecified atom stereocenters. The van der Waals surface area contributed by atoms with Crippen molar-refractivity contribution in [2.75, 3.05) is 12.4 Å². The number of rotatable bonds is 13. The van der Waals surface area contributed by atoms with Gasteiger partial charge < -0.3 is 9.29 Å². The first-order valence-electron chi connectivity index (χ1n) is 7.57. The summed E-state index contributed by atoms with van der Waals surface area (Å²) in [5.41, 5.74) is 0. The van der Waals surface area contributed by atoms with E-state index in [0.717, 1.165) is 12.8 Å². The van der Waals surface area contributed by atoms with E-state index in [9.17, 15) is 13.2 Å². The summed E-state index contributed by atoms with van der Waals surface area (Å²) in [5.74, 6) is -1.25. The monoisotopic (exact) mass is 342 g/mol. The van der Waals surface area contributed by atoms with Gasteiger partial charge in [-0.1, -0.05) is 58.3 Å². The van der Waals surface area contributed by atoms with Crippen molar-refractivity contribution >= 4 is 26.0 Å². The van der Waals surface area contributed by atoms with Gasteiger partial charge in [0.05, 0.1) is 6.61 Å². The van der Waals surface area contributed by atoms with Crippen LogP contribution in [0.5, 0.6) is 0 Å². The van der Waals surface area contributed by atoms with Crippen molar-refractivity contribution in [1.29, 1.82) is 0 Å². The molecule has 0 spiro atoms. The van der Waals surface area contributed by atoms with E-state index in [2.05, 4.69) is 11.1 Å². The minimum atomic E-state index is -3.89. The number of hydrogen-bond acceptors (Lipinski definition) is 5. The average Bonchev–Trinajstić information content (AvgIpc) is 2.36. The van der Waals surface area contributed by atoms with Gasteiger partial charge in [-0.05, 0) is 6.42 Å². The van der Waals surface area contributed by atoms with Crippen LogP contribution >= 0.6 is 9.90 Å². The first-order chi connectivity index (χ1) is 9.52. The average molecular weight is 342 g/mol. The molecule has 0 aromatic heterocycles. The van der Waals surface area contributed by atoms with Crippen molar-refractivity contribution in [3.05, 3.63) is 0 Å². The second kappa shape index (κ2) is 14.7. The number of unbranched alkanes of at least 4 members (excludes halogenated alkanes) is 8. The zero-order valence-electron chi connectivity index (χ0n) is 13.2. The van der Waals surface area contributed by atoms with E-state index >= 15 is 0 Å². The fourth-order valence-electron chi connectivity index (χ4n) is 1.92. The predicted octanol–water partition coefficient (Wildman–Crippen LogP) is 2.83. The standard InChI is InChI=1S/C14H28O5S.H3P/c1-2-3-4-5-6-7-8-9-10-11-14(16)19-20(17,18)13-12-15;/h15H,2-13H2,1H3;1H3. The van der Waals surface area contributed by atoms with Gasteiger partial charge in [0.25, 0.3) is 0 Å². The third kappa shape index (κ3) is 16.0. The number of carbonyl (C=O) groups is 1. The number of hydrogen-bond donors (Lipinski definition) is 1. The van der Waals surface area contributed by atoms with Crippen LogP contribution in [0.2, 0.25) is 0 Å². The Morgan fingerprint density at radius 3 is 1.90 bits per heavy atom. The van der Waals surface area contributed by atoms with Crippen molar-refractivity contribution in [3.63, 3.8) is 0 Å². The van der Waals surface area contributed by atoms with Crippen LogP contribution in [-0.2, 0) is 19.1 Å². The maximum atomic E-state index is 11.3. The second-order valence-electron chi connectivity index (χ2n) is 5.02. The summed E-state index contributed by atoms with van der Waals surface area (Å²) in [6.07, 6.45) is 10.3. The highest BCUT2D eigenvalue weighted by atomic mass is 32.2. The predicted molar refractivity (Wildman–Crippen MR) is 89.9 cm³/mol. The van der Waals surface area contributed by atoms with E-state index in [1.807, 2.05) is 0 Å². The Bertz CT molecular complexity index is 343. The van der Waals surface area contributed by atoms with E-state index < -0.39 is 28.4 Å². The Balaban J connectivity index is 0. The molecule has 5 nitrogen and oxygen atoms in total. The van der Waals surface area contributed by atoms with Crippen molar-refractivity contribution in [2.45, 2.75) is 71.1 Å². The van der Waals surface area contributed by atoms with E-state index in [1.54, 1.807) is 0 Å². The summed E-state index contributed by atoms with van der Waals surface area (Å²) in [5, 5.41) is 8.49. The lowest BCUT2D eigenvalue weighted by Crippen LogP contribution is -2.17. The first-order valence-corrected chi connectivity index (χ1v) is 9.15. The van der Waals surface area contributed by atoms with Crippen LogP contribution in [-0.4, -0.2) is 31.9 Å². The molecule has 0 saturated heterocycles. The highest BCUT2D eigenvalue weighted by Crippen LogP contribution is 2.11. The van der Waals surface area contributed by atoms with Crippen LogP contribution in [0, 0.1) is 0 Å². The lowest BCUT2D eigenvalue weighted by Gasteiger charge is -2.04. The van der Waals surface area contributed by atoms with Gasteiger partial charge in [0.1, 0.15) is 5.75 Å². The minimum absolute atomic E-state index is 0. The zero-order valence-corrected chi connectivity index (χ0v) is 15.4. The first kappa shape index (κ1) is 23.1. The lowest BCUT2D eigenvalue weighted by atomic mass is 10.1. The van der Waals surface area contributed by atoms with Gasteiger partial charge in [-0.3, -0.25) is 4.79 Å². The smallest absolute Gasteiger partial charge is 0.322 e. The quantitative estimate of drug-likeness (QED) is 0.316. The molecule has 0 bridgehead atoms. The Hall–Kier alpha value is -0.190. The molecule has 0 aliphatic rings. The van der Waals surface area contributed by atoms with Gasteiger partial charge in [0.15, 0.2) is 0 Å². The van der Waals surface area contributed by atoms with Crippen LogP contribution in [0.3, 0.4) is 0 Å². The Morgan fingerprint density at radius 1 is 0.952 bits per heavy atom. The SMILES string of the molecule is CCCCCCCCCCCC(=O)OS(=O)(=O)CCO.P. The highest BCUT2D eigenvalue weighted by molar-refractivity contribution is 7.87. The molecule has 0 aromatic carbocycles. The minimum Gasteiger partial charge on any atom is -0.395 e. The number of carbonyl (C=O) groups excluding carboxylic acids is 1. The molecule has 0 rings (SSSR count). The molecule has 0 saturated carbocycles. The van der Waals surface area contributed by atoms with Crippen LogP contribution in [0.1, 0.15) is 71.1 Å². The molecule has 1 atom stereocenters. The number of aliphatic hydroxyl groups excluding tert-OH is 1. The van der Waals surface area contributed by atoms with Gasteiger partial charge in [-0.25, -0.2) is 0 Å².